The van der Waals surface area contributed by atoms with Gasteiger partial charge in [-0.05, 0) is 24.3 Å². The average Bonchev–Trinajstić information content (AvgIpc) is 2.94. The fourth-order valence-corrected chi connectivity index (χ4v) is 1.61. The molecule has 21 heavy (non-hydrogen) atoms. The number of nitrogens with zero attached hydrogens (tertiary/aromatic N) is 4. The third kappa shape index (κ3) is 4.29. The van der Waals surface area contributed by atoms with Gasteiger partial charge in [-0.1, -0.05) is 5.21 Å². The largest absolute Gasteiger partial charge is 0.479 e. The zero-order chi connectivity index (χ0) is 15.1. The number of hydrogen-bond donors (Lipinski definition) is 2. The minimum absolute atomic E-state index is 0.0124. The molecule has 3 N–H and O–H groups in total. The molecule has 1 heterocycles. The van der Waals surface area contributed by atoms with Crippen LogP contribution in [0, 0.1) is 11.3 Å². The number of rotatable bonds is 6. The third-order valence-electron chi connectivity index (χ3n) is 2.54. The van der Waals surface area contributed by atoms with Crippen LogP contribution in [0.1, 0.15) is 5.69 Å². The Morgan fingerprint density at radius 2 is 2.19 bits per heavy atom. The molecule has 0 saturated heterocycles. The van der Waals surface area contributed by atoms with Crippen molar-refractivity contribution in [3.05, 3.63) is 36.2 Å². The zero-order valence-electron chi connectivity index (χ0n) is 11.2. The molecular weight excluding hydrogens is 272 g/mol. The molecule has 0 unspecified atom stereocenters. The van der Waals surface area contributed by atoms with Crippen LogP contribution in [-0.4, -0.2) is 27.5 Å². The van der Waals surface area contributed by atoms with Gasteiger partial charge in [0.2, 0.25) is 5.91 Å². The molecule has 0 fully saturated rings. The summed E-state index contributed by atoms with van der Waals surface area (Å²) in [5, 5.41) is 18.7. The smallest absolute Gasteiger partial charge is 0.246 e. The van der Waals surface area contributed by atoms with Crippen LogP contribution in [0.4, 0.5) is 5.69 Å². The molecule has 0 aliphatic heterocycles. The number of benzene rings is 1. The van der Waals surface area contributed by atoms with Crippen molar-refractivity contribution in [2.24, 2.45) is 5.73 Å². The van der Waals surface area contributed by atoms with Crippen LogP contribution >= 0.6 is 0 Å². The minimum Gasteiger partial charge on any atom is -0.479 e. The predicted octanol–water partition coefficient (Wildman–Crippen LogP) is 0.278. The fourth-order valence-electron chi connectivity index (χ4n) is 1.61. The van der Waals surface area contributed by atoms with Gasteiger partial charge in [0.1, 0.15) is 18.4 Å². The van der Waals surface area contributed by atoms with Crippen molar-refractivity contribution in [1.82, 2.24) is 15.0 Å². The first-order valence-electron chi connectivity index (χ1n) is 6.20. The summed E-state index contributed by atoms with van der Waals surface area (Å²) in [6.07, 6.45) is 1.62. The standard InChI is InChI=1S/C13H14N6O2/c14-5-6-21-12-3-1-10(2-4-12)16-13(20)9-19-8-11(7-15)17-18-19/h1-4,8H,6-7,9,15H2,(H,16,20). The molecule has 8 heteroatoms. The van der Waals surface area contributed by atoms with E-state index in [1.807, 2.05) is 6.07 Å². The van der Waals surface area contributed by atoms with Gasteiger partial charge in [-0.15, -0.1) is 5.10 Å². The number of nitrogens with two attached hydrogens (primary N) is 1. The summed E-state index contributed by atoms with van der Waals surface area (Å²) in [4.78, 5) is 11.8. The molecule has 0 aliphatic carbocycles. The number of aromatic nitrogens is 3. The first-order chi connectivity index (χ1) is 10.2. The first-order valence-corrected chi connectivity index (χ1v) is 6.20. The Bertz CT molecular complexity index is 643. The Hall–Kier alpha value is -2.92. The summed E-state index contributed by atoms with van der Waals surface area (Å²) >= 11 is 0. The van der Waals surface area contributed by atoms with Gasteiger partial charge in [0.05, 0.1) is 11.9 Å². The van der Waals surface area contributed by atoms with Crippen LogP contribution in [0.5, 0.6) is 5.75 Å². The molecule has 0 radical (unpaired) electrons. The number of hydrogen-bond acceptors (Lipinski definition) is 6. The number of nitriles is 1. The van der Waals surface area contributed by atoms with Crippen molar-refractivity contribution in [2.45, 2.75) is 13.1 Å². The topological polar surface area (TPSA) is 119 Å². The molecule has 0 spiro atoms. The molecule has 1 aromatic heterocycles. The lowest BCUT2D eigenvalue weighted by Gasteiger charge is -2.06. The zero-order valence-corrected chi connectivity index (χ0v) is 11.2. The molecule has 1 amide bonds. The molecule has 108 valence electrons. The minimum atomic E-state index is -0.228. The molecule has 1 aromatic carbocycles. The van der Waals surface area contributed by atoms with Gasteiger partial charge >= 0.3 is 0 Å². The maximum Gasteiger partial charge on any atom is 0.246 e. The van der Waals surface area contributed by atoms with Crippen molar-refractivity contribution < 1.29 is 9.53 Å². The van der Waals surface area contributed by atoms with E-state index in [0.29, 0.717) is 17.1 Å². The average molecular weight is 286 g/mol. The van der Waals surface area contributed by atoms with E-state index < -0.39 is 0 Å². The Labute approximate surface area is 121 Å². The molecule has 2 aromatic rings. The molecule has 0 saturated carbocycles. The Morgan fingerprint density at radius 3 is 2.81 bits per heavy atom. The maximum absolute atomic E-state index is 11.8. The Kier molecular flexibility index (Phi) is 4.84. The van der Waals surface area contributed by atoms with E-state index in [2.05, 4.69) is 15.6 Å². The Morgan fingerprint density at radius 1 is 1.43 bits per heavy atom. The van der Waals surface area contributed by atoms with Crippen molar-refractivity contribution in [3.8, 4) is 11.8 Å². The Balaban J connectivity index is 1.88. The molecule has 0 aliphatic rings. The van der Waals surface area contributed by atoms with Gasteiger partial charge in [0, 0.05) is 12.2 Å². The number of anilines is 1. The molecule has 0 atom stereocenters. The summed E-state index contributed by atoms with van der Waals surface area (Å²) in [6, 6.07) is 8.62. The van der Waals surface area contributed by atoms with E-state index in [0.717, 1.165) is 0 Å². The summed E-state index contributed by atoms with van der Waals surface area (Å²) in [6.45, 7) is 0.326. The van der Waals surface area contributed by atoms with Crippen LogP contribution in [0.25, 0.3) is 0 Å². The highest BCUT2D eigenvalue weighted by atomic mass is 16.5. The first kappa shape index (κ1) is 14.5. The van der Waals surface area contributed by atoms with Crippen molar-refractivity contribution in [1.29, 1.82) is 5.26 Å². The van der Waals surface area contributed by atoms with E-state index in [9.17, 15) is 4.79 Å². The predicted molar refractivity (Wildman–Crippen MR) is 74.1 cm³/mol. The van der Waals surface area contributed by atoms with Crippen LogP contribution in [0.2, 0.25) is 0 Å². The molecular formula is C13H14N6O2. The highest BCUT2D eigenvalue weighted by Gasteiger charge is 2.06. The second-order valence-electron chi connectivity index (χ2n) is 4.13. The number of amides is 1. The molecule has 2 rings (SSSR count). The van der Waals surface area contributed by atoms with Crippen molar-refractivity contribution in [2.75, 3.05) is 11.9 Å². The second-order valence-corrected chi connectivity index (χ2v) is 4.13. The van der Waals surface area contributed by atoms with Crippen LogP contribution in [0.3, 0.4) is 0 Å². The number of ether oxygens (including phenoxy) is 1. The maximum atomic E-state index is 11.8. The second kappa shape index (κ2) is 7.02. The van der Waals surface area contributed by atoms with E-state index in [-0.39, 0.29) is 25.6 Å². The SMILES string of the molecule is N#CCOc1ccc(NC(=O)Cn2cc(CN)nn2)cc1. The number of carbonyl (C=O) groups is 1. The normalized spacial score (nSPS) is 9.90. The number of carbonyl (C=O) groups excluding carboxylic acids is 1. The lowest BCUT2D eigenvalue weighted by molar-refractivity contribution is -0.116. The van der Waals surface area contributed by atoms with Crippen LogP contribution in [0.15, 0.2) is 30.5 Å². The van der Waals surface area contributed by atoms with Gasteiger partial charge in [0.25, 0.3) is 0 Å². The quantitative estimate of drug-likeness (QED) is 0.787. The molecule has 8 nitrogen and oxygen atoms in total. The highest BCUT2D eigenvalue weighted by molar-refractivity contribution is 5.90. The van der Waals surface area contributed by atoms with Gasteiger partial charge in [0.15, 0.2) is 6.61 Å². The summed E-state index contributed by atoms with van der Waals surface area (Å²) in [7, 11) is 0. The van der Waals surface area contributed by atoms with E-state index in [1.54, 1.807) is 30.5 Å². The van der Waals surface area contributed by atoms with Gasteiger partial charge in [-0.25, -0.2) is 4.68 Å². The monoisotopic (exact) mass is 286 g/mol. The van der Waals surface area contributed by atoms with E-state index >= 15 is 0 Å². The fraction of sp³-hybridized carbons (Fsp3) is 0.231. The summed E-state index contributed by atoms with van der Waals surface area (Å²) in [5.74, 6) is 0.340. The molecule has 0 bridgehead atoms. The number of nitrogens with one attached hydrogen (secondary N) is 1. The lowest BCUT2D eigenvalue weighted by Crippen LogP contribution is -2.19. The van der Waals surface area contributed by atoms with Gasteiger partial charge < -0.3 is 15.8 Å². The third-order valence-corrected chi connectivity index (χ3v) is 2.54. The van der Waals surface area contributed by atoms with Crippen molar-refractivity contribution in [3.63, 3.8) is 0 Å². The summed E-state index contributed by atoms with van der Waals surface area (Å²) < 4.78 is 6.54. The van der Waals surface area contributed by atoms with Gasteiger partial charge in [-0.3, -0.25) is 4.79 Å². The van der Waals surface area contributed by atoms with Crippen molar-refractivity contribution >= 4 is 11.6 Å². The van der Waals surface area contributed by atoms with E-state index in [1.165, 1.54) is 4.68 Å². The lowest BCUT2D eigenvalue weighted by atomic mass is 10.3. The van der Waals surface area contributed by atoms with E-state index in [4.69, 9.17) is 15.7 Å². The summed E-state index contributed by atoms with van der Waals surface area (Å²) in [5.41, 5.74) is 6.67. The van der Waals surface area contributed by atoms with Crippen LogP contribution < -0.4 is 15.8 Å². The van der Waals surface area contributed by atoms with Gasteiger partial charge in [-0.2, -0.15) is 5.26 Å². The van der Waals surface area contributed by atoms with Crippen LogP contribution in [-0.2, 0) is 17.9 Å². The highest BCUT2D eigenvalue weighted by Crippen LogP contribution is 2.15.